The van der Waals surface area contributed by atoms with E-state index in [1.807, 2.05) is 0 Å². The van der Waals surface area contributed by atoms with Gasteiger partial charge in [-0.15, -0.1) is 0 Å². The first-order valence-electron chi connectivity index (χ1n) is 4.39. The molecule has 0 radical (unpaired) electrons. The molecule has 0 aliphatic rings. The van der Waals surface area contributed by atoms with Gasteiger partial charge in [-0.05, 0) is 18.0 Å². The molecule has 15 heavy (non-hydrogen) atoms. The van der Waals surface area contributed by atoms with Crippen molar-refractivity contribution in [2.45, 2.75) is 18.6 Å². The second-order valence-electron chi connectivity index (χ2n) is 2.86. The Morgan fingerprint density at radius 2 is 2.07 bits per heavy atom. The Hall–Kier alpha value is -1.69. The lowest BCUT2D eigenvalue weighted by atomic mass is 10.1. The molecule has 0 saturated heterocycles. The summed E-state index contributed by atoms with van der Waals surface area (Å²) in [7, 11) is 0. The topological polar surface area (TPSA) is 115 Å². The summed E-state index contributed by atoms with van der Waals surface area (Å²) in [6, 6.07) is 1.61. The maximum absolute atomic E-state index is 9.58. The molecule has 0 bridgehead atoms. The van der Waals surface area contributed by atoms with Crippen LogP contribution in [0.15, 0.2) is 23.6 Å². The van der Waals surface area contributed by atoms with Gasteiger partial charge in [0.05, 0.1) is 6.10 Å². The van der Waals surface area contributed by atoms with E-state index in [0.29, 0.717) is 0 Å². The van der Waals surface area contributed by atoms with Gasteiger partial charge in [-0.3, -0.25) is 0 Å². The van der Waals surface area contributed by atoms with Crippen molar-refractivity contribution >= 4 is 0 Å². The van der Waals surface area contributed by atoms with Crippen molar-refractivity contribution in [2.24, 2.45) is 5.11 Å². The molecule has 2 unspecified atom stereocenters. The Bertz CT molecular complexity index is 338. The van der Waals surface area contributed by atoms with Crippen LogP contribution in [0.5, 0.6) is 0 Å². The van der Waals surface area contributed by atoms with E-state index in [4.69, 9.17) is 5.53 Å². The fourth-order valence-corrected chi connectivity index (χ4v) is 1.03. The number of azide groups is 1. The molecule has 80 valence electrons. The molecule has 1 rings (SSSR count). The highest BCUT2D eigenvalue weighted by Gasteiger charge is 2.19. The van der Waals surface area contributed by atoms with Gasteiger partial charge in [0.2, 0.25) is 0 Å². The fourth-order valence-electron chi connectivity index (χ4n) is 1.03. The average molecular weight is 209 g/mol. The minimum atomic E-state index is -1.15. The summed E-state index contributed by atoms with van der Waals surface area (Å²) in [5.41, 5.74) is 8.02. The van der Waals surface area contributed by atoms with Crippen LogP contribution in [0.25, 0.3) is 10.4 Å². The molecular weight excluding hydrogens is 198 g/mol. The van der Waals surface area contributed by atoms with Gasteiger partial charge in [0.25, 0.3) is 0 Å². The van der Waals surface area contributed by atoms with Crippen molar-refractivity contribution < 1.29 is 10.2 Å². The summed E-state index contributed by atoms with van der Waals surface area (Å²) in [5.74, 6) is 0.158. The summed E-state index contributed by atoms with van der Waals surface area (Å²) in [4.78, 5) is 10.1. The second kappa shape index (κ2) is 5.92. The quantitative estimate of drug-likeness (QED) is 0.419. The molecule has 7 nitrogen and oxygen atoms in total. The zero-order valence-electron chi connectivity index (χ0n) is 7.93. The van der Waals surface area contributed by atoms with E-state index in [1.54, 1.807) is 6.07 Å². The van der Waals surface area contributed by atoms with E-state index >= 15 is 0 Å². The predicted molar refractivity (Wildman–Crippen MR) is 51.6 cm³/mol. The Morgan fingerprint density at radius 3 is 2.67 bits per heavy atom. The van der Waals surface area contributed by atoms with Crippen molar-refractivity contribution in [3.8, 4) is 0 Å². The van der Waals surface area contributed by atoms with Crippen LogP contribution in [0, 0.1) is 0 Å². The molecule has 2 atom stereocenters. The van der Waals surface area contributed by atoms with Crippen molar-refractivity contribution in [1.29, 1.82) is 0 Å². The molecule has 0 aromatic carbocycles. The van der Waals surface area contributed by atoms with Crippen LogP contribution < -0.4 is 0 Å². The molecule has 2 N–H and O–H groups in total. The van der Waals surface area contributed by atoms with Crippen LogP contribution in [0.2, 0.25) is 0 Å². The Labute approximate surface area is 86.1 Å². The fraction of sp³-hybridized carbons (Fsp3) is 0.500. The maximum atomic E-state index is 9.58. The van der Waals surface area contributed by atoms with Gasteiger partial charge < -0.3 is 10.2 Å². The monoisotopic (exact) mass is 209 g/mol. The summed E-state index contributed by atoms with van der Waals surface area (Å²) >= 11 is 0. The van der Waals surface area contributed by atoms with Crippen molar-refractivity contribution in [1.82, 2.24) is 9.97 Å². The zero-order chi connectivity index (χ0) is 11.1. The molecule has 0 fully saturated rings. The smallest absolute Gasteiger partial charge is 0.159 e. The third kappa shape index (κ3) is 3.51. The van der Waals surface area contributed by atoms with Gasteiger partial charge >= 0.3 is 0 Å². The first-order chi connectivity index (χ1) is 7.25. The largest absolute Gasteiger partial charge is 0.390 e. The highest BCUT2D eigenvalue weighted by Crippen LogP contribution is 2.14. The van der Waals surface area contributed by atoms with Gasteiger partial charge in [-0.25, -0.2) is 9.97 Å². The average Bonchev–Trinajstić information content (AvgIpc) is 2.29. The lowest BCUT2D eigenvalue weighted by Gasteiger charge is -2.14. The van der Waals surface area contributed by atoms with Crippen LogP contribution in [0.3, 0.4) is 0 Å². The lowest BCUT2D eigenvalue weighted by molar-refractivity contribution is 0.00975. The summed E-state index contributed by atoms with van der Waals surface area (Å²) in [6.45, 7) is 0.127. The second-order valence-corrected chi connectivity index (χ2v) is 2.86. The van der Waals surface area contributed by atoms with E-state index in [2.05, 4.69) is 20.0 Å². The number of hydrogen-bond donors (Lipinski definition) is 2. The van der Waals surface area contributed by atoms with Gasteiger partial charge in [0.15, 0.2) is 5.82 Å². The van der Waals surface area contributed by atoms with Crippen molar-refractivity contribution in [3.05, 3.63) is 34.7 Å². The summed E-state index contributed by atoms with van der Waals surface area (Å²) in [5, 5.41) is 22.3. The SMILES string of the molecule is [N-]=[N+]=NCCC(O)C(O)c1ncccn1. The number of aromatic nitrogens is 2. The van der Waals surface area contributed by atoms with Gasteiger partial charge in [0.1, 0.15) is 6.10 Å². The standard InChI is InChI=1S/C8H11N5O2/c9-13-12-5-2-6(14)7(15)8-10-3-1-4-11-8/h1,3-4,6-7,14-15H,2,5H2. The third-order valence-electron chi connectivity index (χ3n) is 1.80. The predicted octanol–water partition coefficient (Wildman–Crippen LogP) is 0.571. The number of hydrogen-bond acceptors (Lipinski definition) is 5. The number of rotatable bonds is 5. The van der Waals surface area contributed by atoms with E-state index in [1.165, 1.54) is 12.4 Å². The molecule has 1 aromatic heterocycles. The number of aliphatic hydroxyl groups excluding tert-OH is 2. The molecule has 0 spiro atoms. The maximum Gasteiger partial charge on any atom is 0.159 e. The summed E-state index contributed by atoms with van der Waals surface area (Å²) in [6.07, 6.45) is 0.943. The van der Waals surface area contributed by atoms with Gasteiger partial charge in [0, 0.05) is 23.9 Å². The molecule has 1 heterocycles. The van der Waals surface area contributed by atoms with Crippen LogP contribution in [-0.4, -0.2) is 32.8 Å². The van der Waals surface area contributed by atoms with Gasteiger partial charge in [-0.1, -0.05) is 5.11 Å². The van der Waals surface area contributed by atoms with E-state index < -0.39 is 12.2 Å². The molecule has 0 aliphatic heterocycles. The molecule has 0 saturated carbocycles. The number of nitrogens with zero attached hydrogens (tertiary/aromatic N) is 5. The lowest BCUT2D eigenvalue weighted by Crippen LogP contribution is -2.21. The minimum absolute atomic E-state index is 0.127. The van der Waals surface area contributed by atoms with Crippen LogP contribution in [0.4, 0.5) is 0 Å². The van der Waals surface area contributed by atoms with Crippen LogP contribution >= 0.6 is 0 Å². The number of aliphatic hydroxyl groups is 2. The third-order valence-corrected chi connectivity index (χ3v) is 1.80. The normalized spacial score (nSPS) is 14.0. The highest BCUT2D eigenvalue weighted by atomic mass is 16.3. The van der Waals surface area contributed by atoms with Crippen molar-refractivity contribution in [3.63, 3.8) is 0 Å². The van der Waals surface area contributed by atoms with Gasteiger partial charge in [-0.2, -0.15) is 0 Å². The summed E-state index contributed by atoms with van der Waals surface area (Å²) < 4.78 is 0. The first kappa shape index (κ1) is 11.4. The van der Waals surface area contributed by atoms with E-state index in [9.17, 15) is 10.2 Å². The Kier molecular flexibility index (Phi) is 4.49. The molecular formula is C8H11N5O2. The first-order valence-corrected chi connectivity index (χ1v) is 4.39. The molecule has 1 aromatic rings. The van der Waals surface area contributed by atoms with Crippen molar-refractivity contribution in [2.75, 3.05) is 6.54 Å². The van der Waals surface area contributed by atoms with Crippen LogP contribution in [0.1, 0.15) is 18.3 Å². The zero-order valence-corrected chi connectivity index (χ0v) is 7.93. The van der Waals surface area contributed by atoms with E-state index in [0.717, 1.165) is 0 Å². The van der Waals surface area contributed by atoms with E-state index in [-0.39, 0.29) is 18.8 Å². The Morgan fingerprint density at radius 1 is 1.40 bits per heavy atom. The van der Waals surface area contributed by atoms with Crippen LogP contribution in [-0.2, 0) is 0 Å². The minimum Gasteiger partial charge on any atom is -0.390 e. The molecule has 7 heteroatoms. The molecule has 0 aliphatic carbocycles. The highest BCUT2D eigenvalue weighted by molar-refractivity contribution is 4.95. The Balaban J connectivity index is 2.53. The molecule has 0 amide bonds.